The molecule has 0 heterocycles. The molecule has 0 aliphatic carbocycles. The van der Waals surface area contributed by atoms with Crippen molar-refractivity contribution in [2.24, 2.45) is 0 Å². The molecule has 0 radical (unpaired) electrons. The van der Waals surface area contributed by atoms with E-state index in [-0.39, 0.29) is 5.56 Å². The van der Waals surface area contributed by atoms with Crippen LogP contribution in [0, 0.1) is 12.3 Å². The predicted octanol–water partition coefficient (Wildman–Crippen LogP) is 2.47. The van der Waals surface area contributed by atoms with Crippen molar-refractivity contribution in [1.82, 2.24) is 0 Å². The fraction of sp³-hybridized carbons (Fsp3) is 0.182. The van der Waals surface area contributed by atoms with Gasteiger partial charge in [-0.05, 0) is 18.2 Å². The minimum absolute atomic E-state index is 0.169. The lowest BCUT2D eigenvalue weighted by molar-refractivity contribution is 0.0697. The molecule has 1 aromatic rings. The van der Waals surface area contributed by atoms with Crippen LogP contribution in [0.4, 0.5) is 5.69 Å². The first-order valence-corrected chi connectivity index (χ1v) is 4.73. The number of carboxylic acids is 1. The van der Waals surface area contributed by atoms with E-state index < -0.39 is 5.97 Å². The number of halogens is 1. The maximum Gasteiger partial charge on any atom is 0.335 e. The van der Waals surface area contributed by atoms with Gasteiger partial charge in [0.2, 0.25) is 0 Å². The molecule has 0 saturated heterocycles. The van der Waals surface area contributed by atoms with Crippen molar-refractivity contribution in [3.05, 3.63) is 28.8 Å². The minimum Gasteiger partial charge on any atom is -0.478 e. The van der Waals surface area contributed by atoms with Gasteiger partial charge in [-0.3, -0.25) is 0 Å². The SMILES string of the molecule is C#CCCNc1ccc(C(=O)O)cc1Cl. The number of nitrogens with one attached hydrogen (secondary N) is 1. The molecule has 3 nitrogen and oxygen atoms in total. The maximum absolute atomic E-state index is 10.6. The molecule has 0 aliphatic rings. The Morgan fingerprint density at radius 2 is 2.33 bits per heavy atom. The summed E-state index contributed by atoms with van der Waals surface area (Å²) in [5.74, 6) is 1.49. The number of anilines is 1. The van der Waals surface area contributed by atoms with Gasteiger partial charge >= 0.3 is 5.97 Å². The monoisotopic (exact) mass is 223 g/mol. The smallest absolute Gasteiger partial charge is 0.335 e. The Morgan fingerprint density at radius 3 is 2.87 bits per heavy atom. The molecule has 1 rings (SSSR count). The summed E-state index contributed by atoms with van der Waals surface area (Å²) < 4.78 is 0. The Balaban J connectivity index is 2.76. The van der Waals surface area contributed by atoms with Gasteiger partial charge in [0.1, 0.15) is 0 Å². The van der Waals surface area contributed by atoms with Crippen molar-refractivity contribution >= 4 is 23.3 Å². The van der Waals surface area contributed by atoms with Crippen molar-refractivity contribution in [1.29, 1.82) is 0 Å². The van der Waals surface area contributed by atoms with Crippen molar-refractivity contribution in [3.8, 4) is 12.3 Å². The topological polar surface area (TPSA) is 49.3 Å². The molecule has 0 fully saturated rings. The zero-order chi connectivity index (χ0) is 11.3. The fourth-order valence-corrected chi connectivity index (χ4v) is 1.31. The maximum atomic E-state index is 10.6. The van der Waals surface area contributed by atoms with E-state index in [1.165, 1.54) is 12.1 Å². The van der Waals surface area contributed by atoms with Gasteiger partial charge in [-0.15, -0.1) is 12.3 Å². The van der Waals surface area contributed by atoms with Crippen LogP contribution >= 0.6 is 11.6 Å². The highest BCUT2D eigenvalue weighted by Crippen LogP contribution is 2.22. The van der Waals surface area contributed by atoms with Crippen molar-refractivity contribution in [2.45, 2.75) is 6.42 Å². The zero-order valence-electron chi connectivity index (χ0n) is 7.96. The van der Waals surface area contributed by atoms with Gasteiger partial charge < -0.3 is 10.4 Å². The second-order valence-electron chi connectivity index (χ2n) is 2.88. The molecule has 1 aromatic carbocycles. The van der Waals surface area contributed by atoms with Crippen LogP contribution in [0.2, 0.25) is 5.02 Å². The average Bonchev–Trinajstić information content (AvgIpc) is 2.20. The number of rotatable bonds is 4. The van der Waals surface area contributed by atoms with Gasteiger partial charge in [-0.25, -0.2) is 4.79 Å². The van der Waals surface area contributed by atoms with E-state index in [0.29, 0.717) is 23.7 Å². The summed E-state index contributed by atoms with van der Waals surface area (Å²) in [5.41, 5.74) is 0.861. The summed E-state index contributed by atoms with van der Waals surface area (Å²) in [5, 5.41) is 12.1. The van der Waals surface area contributed by atoms with E-state index in [1.807, 2.05) is 0 Å². The number of hydrogen-bond acceptors (Lipinski definition) is 2. The average molecular weight is 224 g/mol. The third-order valence-corrected chi connectivity index (χ3v) is 2.11. The minimum atomic E-state index is -0.993. The van der Waals surface area contributed by atoms with Gasteiger partial charge in [0, 0.05) is 13.0 Å². The number of hydrogen-bond donors (Lipinski definition) is 2. The van der Waals surface area contributed by atoms with Gasteiger partial charge in [0.05, 0.1) is 16.3 Å². The molecule has 0 aromatic heterocycles. The second kappa shape index (κ2) is 5.28. The van der Waals surface area contributed by atoms with Gasteiger partial charge in [-0.2, -0.15) is 0 Å². The molecule has 15 heavy (non-hydrogen) atoms. The highest BCUT2D eigenvalue weighted by Gasteiger charge is 2.05. The van der Waals surface area contributed by atoms with Crippen LogP contribution in [0.15, 0.2) is 18.2 Å². The second-order valence-corrected chi connectivity index (χ2v) is 3.29. The third kappa shape index (κ3) is 3.19. The molecule has 0 spiro atoms. The Morgan fingerprint density at radius 1 is 1.60 bits per heavy atom. The largest absolute Gasteiger partial charge is 0.478 e. The third-order valence-electron chi connectivity index (χ3n) is 1.80. The fourth-order valence-electron chi connectivity index (χ4n) is 1.06. The van der Waals surface area contributed by atoms with Crippen LogP contribution < -0.4 is 5.32 Å². The molecule has 0 aliphatic heterocycles. The van der Waals surface area contributed by atoms with Crippen molar-refractivity contribution < 1.29 is 9.90 Å². The quantitative estimate of drug-likeness (QED) is 0.609. The molecule has 0 atom stereocenters. The van der Waals surface area contributed by atoms with E-state index >= 15 is 0 Å². The molecule has 2 N–H and O–H groups in total. The van der Waals surface area contributed by atoms with E-state index in [0.717, 1.165) is 0 Å². The molecule has 78 valence electrons. The van der Waals surface area contributed by atoms with E-state index in [2.05, 4.69) is 11.2 Å². The molecule has 0 amide bonds. The molecule has 0 saturated carbocycles. The van der Waals surface area contributed by atoms with E-state index in [4.69, 9.17) is 23.1 Å². The van der Waals surface area contributed by atoms with Crippen molar-refractivity contribution in [2.75, 3.05) is 11.9 Å². The number of benzene rings is 1. The lowest BCUT2D eigenvalue weighted by Crippen LogP contribution is -2.02. The Hall–Kier alpha value is -1.66. The first-order chi connectivity index (χ1) is 7.15. The summed E-state index contributed by atoms with van der Waals surface area (Å²) in [6.45, 7) is 0.614. The predicted molar refractivity (Wildman–Crippen MR) is 60.4 cm³/mol. The zero-order valence-corrected chi connectivity index (χ0v) is 8.71. The summed E-state index contributed by atoms with van der Waals surface area (Å²) >= 11 is 5.87. The van der Waals surface area contributed by atoms with Crippen LogP contribution in [0.1, 0.15) is 16.8 Å². The van der Waals surface area contributed by atoms with Crippen LogP contribution in [-0.4, -0.2) is 17.6 Å². The molecule has 0 bridgehead atoms. The number of aromatic carboxylic acids is 1. The lowest BCUT2D eigenvalue weighted by Gasteiger charge is -2.06. The van der Waals surface area contributed by atoms with E-state index in [1.54, 1.807) is 6.07 Å². The van der Waals surface area contributed by atoms with Crippen LogP contribution in [0.25, 0.3) is 0 Å². The van der Waals surface area contributed by atoms with E-state index in [9.17, 15) is 4.79 Å². The number of carbonyl (C=O) groups is 1. The Bertz CT molecular complexity index is 410. The standard InChI is InChI=1S/C11H10ClNO2/c1-2-3-6-13-10-5-4-8(11(14)15)7-9(10)12/h1,4-5,7,13H,3,6H2,(H,14,15). The molecule has 4 heteroatoms. The summed E-state index contributed by atoms with van der Waals surface area (Å²) in [4.78, 5) is 10.6. The summed E-state index contributed by atoms with van der Waals surface area (Å²) in [6, 6.07) is 4.52. The van der Waals surface area contributed by atoms with Crippen molar-refractivity contribution in [3.63, 3.8) is 0 Å². The summed E-state index contributed by atoms with van der Waals surface area (Å²) in [6.07, 6.45) is 5.69. The lowest BCUT2D eigenvalue weighted by atomic mass is 10.2. The highest BCUT2D eigenvalue weighted by atomic mass is 35.5. The number of terminal acetylenes is 1. The van der Waals surface area contributed by atoms with Gasteiger partial charge in [0.25, 0.3) is 0 Å². The van der Waals surface area contributed by atoms with Crippen LogP contribution in [-0.2, 0) is 0 Å². The van der Waals surface area contributed by atoms with Crippen LogP contribution in [0.5, 0.6) is 0 Å². The first kappa shape index (κ1) is 11.4. The molecule has 0 unspecified atom stereocenters. The Labute approximate surface area is 93.1 Å². The molecular weight excluding hydrogens is 214 g/mol. The van der Waals surface area contributed by atoms with Gasteiger partial charge in [-0.1, -0.05) is 11.6 Å². The van der Waals surface area contributed by atoms with Crippen LogP contribution in [0.3, 0.4) is 0 Å². The summed E-state index contributed by atoms with van der Waals surface area (Å²) in [7, 11) is 0. The van der Waals surface area contributed by atoms with Gasteiger partial charge in [0.15, 0.2) is 0 Å². The molecular formula is C11H10ClNO2. The first-order valence-electron chi connectivity index (χ1n) is 4.35. The number of carboxylic acid groups (broad SMARTS) is 1. The normalized spacial score (nSPS) is 9.33. The Kier molecular flexibility index (Phi) is 4.02. The highest BCUT2D eigenvalue weighted by molar-refractivity contribution is 6.33.